The molecule has 3 N–H and O–H groups in total. The van der Waals surface area contributed by atoms with Crippen molar-refractivity contribution in [2.75, 3.05) is 26.1 Å². The van der Waals surface area contributed by atoms with Crippen LogP contribution < -0.4 is 15.4 Å². The molecule has 0 fully saturated rings. The van der Waals surface area contributed by atoms with Crippen molar-refractivity contribution in [3.05, 3.63) is 60.2 Å². The summed E-state index contributed by atoms with van der Waals surface area (Å²) in [5.74, 6) is -0.475. The summed E-state index contributed by atoms with van der Waals surface area (Å²) >= 11 is 0. The molecule has 0 bridgehead atoms. The topological polar surface area (TPSA) is 117 Å². The van der Waals surface area contributed by atoms with Gasteiger partial charge in [0.15, 0.2) is 0 Å². The number of carbonyl (C=O) groups excluding carboxylic acids is 3. The summed E-state index contributed by atoms with van der Waals surface area (Å²) in [6.45, 7) is 4.39. The Kier molecular flexibility index (Phi) is 8.81. The Balaban J connectivity index is 2.25. The highest BCUT2D eigenvalue weighted by Crippen LogP contribution is 2.23. The largest absolute Gasteiger partial charge is 0.497 e. The van der Waals surface area contributed by atoms with Crippen LogP contribution in [-0.4, -0.2) is 60.3 Å². The Bertz CT molecular complexity index is 941. The number of nitrogens with one attached hydrogen (secondary N) is 2. The molecule has 2 rings (SSSR count). The molecule has 178 valence electrons. The average molecular weight is 458 g/mol. The van der Waals surface area contributed by atoms with Gasteiger partial charge in [0.1, 0.15) is 23.4 Å². The lowest BCUT2D eigenvalue weighted by atomic mass is 10.0. The lowest BCUT2D eigenvalue weighted by Gasteiger charge is -2.31. The zero-order valence-electron chi connectivity index (χ0n) is 19.5. The van der Waals surface area contributed by atoms with Crippen LogP contribution in [0.25, 0.3) is 0 Å². The summed E-state index contributed by atoms with van der Waals surface area (Å²) in [5, 5.41) is 14.9. The third-order valence-electron chi connectivity index (χ3n) is 4.63. The highest BCUT2D eigenvalue weighted by Gasteiger charge is 2.33. The second-order valence-electron chi connectivity index (χ2n) is 8.36. The summed E-state index contributed by atoms with van der Waals surface area (Å²) in [4.78, 5) is 39.7. The van der Waals surface area contributed by atoms with Crippen molar-refractivity contribution >= 4 is 23.6 Å². The molecule has 0 saturated heterocycles. The van der Waals surface area contributed by atoms with Crippen LogP contribution in [0.3, 0.4) is 0 Å². The first-order chi connectivity index (χ1) is 15.6. The van der Waals surface area contributed by atoms with Crippen molar-refractivity contribution in [2.24, 2.45) is 0 Å². The van der Waals surface area contributed by atoms with Crippen molar-refractivity contribution in [1.29, 1.82) is 0 Å². The number of aliphatic hydroxyl groups excluding tert-OH is 1. The van der Waals surface area contributed by atoms with E-state index < -0.39 is 42.2 Å². The third-order valence-corrected chi connectivity index (χ3v) is 4.63. The zero-order chi connectivity index (χ0) is 24.6. The van der Waals surface area contributed by atoms with Gasteiger partial charge in [-0.05, 0) is 50.6 Å². The predicted molar refractivity (Wildman–Crippen MR) is 124 cm³/mol. The highest BCUT2D eigenvalue weighted by molar-refractivity contribution is 5.98. The number of alkyl carbamates (subject to hydrolysis) is 1. The van der Waals surface area contributed by atoms with Gasteiger partial charge in [0.25, 0.3) is 5.91 Å². The van der Waals surface area contributed by atoms with Gasteiger partial charge in [0, 0.05) is 12.7 Å². The van der Waals surface area contributed by atoms with E-state index in [-0.39, 0.29) is 0 Å². The molecule has 0 aromatic heterocycles. The van der Waals surface area contributed by atoms with E-state index in [0.29, 0.717) is 17.0 Å². The number of nitrogens with zero attached hydrogens (tertiary/aromatic N) is 1. The van der Waals surface area contributed by atoms with Gasteiger partial charge >= 0.3 is 6.09 Å². The predicted octanol–water partition coefficient (Wildman–Crippen LogP) is 2.72. The van der Waals surface area contributed by atoms with Gasteiger partial charge in [0.05, 0.1) is 13.7 Å². The molecule has 0 heterocycles. The first-order valence-electron chi connectivity index (χ1n) is 10.4. The Morgan fingerprint density at radius 1 is 1.03 bits per heavy atom. The SMILES string of the molecule is COc1ccc(NC(=O)C(c2ccccc2)N(C)C(=O)C(CO)NC(=O)OC(C)(C)C)cc1. The molecule has 2 atom stereocenters. The van der Waals surface area contributed by atoms with Crippen LogP contribution in [0.2, 0.25) is 0 Å². The summed E-state index contributed by atoms with van der Waals surface area (Å²) < 4.78 is 10.3. The molecule has 0 aliphatic rings. The van der Waals surface area contributed by atoms with E-state index in [1.54, 1.807) is 82.5 Å². The maximum Gasteiger partial charge on any atom is 0.408 e. The van der Waals surface area contributed by atoms with Crippen LogP contribution in [0.4, 0.5) is 10.5 Å². The molecular formula is C24H31N3O6. The lowest BCUT2D eigenvalue weighted by Crippen LogP contribution is -2.52. The molecule has 3 amide bonds. The molecule has 9 nitrogen and oxygen atoms in total. The van der Waals surface area contributed by atoms with Crippen molar-refractivity contribution in [3.63, 3.8) is 0 Å². The van der Waals surface area contributed by atoms with E-state index in [2.05, 4.69) is 10.6 Å². The molecule has 0 aliphatic heterocycles. The van der Waals surface area contributed by atoms with Crippen LogP contribution >= 0.6 is 0 Å². The number of amides is 3. The molecule has 9 heteroatoms. The number of hydrogen-bond donors (Lipinski definition) is 3. The van der Waals surface area contributed by atoms with E-state index in [0.717, 1.165) is 0 Å². The van der Waals surface area contributed by atoms with Crippen LogP contribution in [0.1, 0.15) is 32.4 Å². The first-order valence-corrected chi connectivity index (χ1v) is 10.4. The monoisotopic (exact) mass is 457 g/mol. The second-order valence-corrected chi connectivity index (χ2v) is 8.36. The molecule has 0 saturated carbocycles. The van der Waals surface area contributed by atoms with Crippen molar-refractivity contribution in [3.8, 4) is 5.75 Å². The second kappa shape index (κ2) is 11.3. The minimum absolute atomic E-state index is 0.462. The number of ether oxygens (including phenoxy) is 2. The minimum Gasteiger partial charge on any atom is -0.497 e. The van der Waals surface area contributed by atoms with Gasteiger partial charge in [-0.15, -0.1) is 0 Å². The number of benzene rings is 2. The number of hydrogen-bond acceptors (Lipinski definition) is 6. The molecule has 2 unspecified atom stereocenters. The maximum atomic E-state index is 13.2. The number of anilines is 1. The number of carbonyl (C=O) groups is 3. The van der Waals surface area contributed by atoms with E-state index in [1.807, 2.05) is 0 Å². The van der Waals surface area contributed by atoms with Crippen LogP contribution in [0, 0.1) is 0 Å². The van der Waals surface area contributed by atoms with Gasteiger partial charge in [-0.1, -0.05) is 30.3 Å². The third kappa shape index (κ3) is 7.50. The van der Waals surface area contributed by atoms with Gasteiger partial charge in [-0.2, -0.15) is 0 Å². The zero-order valence-corrected chi connectivity index (χ0v) is 19.5. The summed E-state index contributed by atoms with van der Waals surface area (Å²) in [6, 6.07) is 13.2. The van der Waals surface area contributed by atoms with Crippen molar-refractivity contribution in [1.82, 2.24) is 10.2 Å². The standard InChI is InChI=1S/C24H31N3O6/c1-24(2,3)33-23(31)26-19(15-28)22(30)27(4)20(16-9-7-6-8-10-16)21(29)25-17-11-13-18(32-5)14-12-17/h6-14,19-20,28H,15H2,1-5H3,(H,25,29)(H,26,31). The van der Waals surface area contributed by atoms with Gasteiger partial charge < -0.3 is 30.1 Å². The minimum atomic E-state index is -1.29. The molecular weight excluding hydrogens is 426 g/mol. The Morgan fingerprint density at radius 3 is 2.15 bits per heavy atom. The van der Waals surface area contributed by atoms with E-state index in [9.17, 15) is 19.5 Å². The Labute approximate surface area is 193 Å². The summed E-state index contributed by atoms with van der Waals surface area (Å²) in [6.07, 6.45) is -0.845. The van der Waals surface area contributed by atoms with E-state index >= 15 is 0 Å². The number of rotatable bonds is 8. The van der Waals surface area contributed by atoms with E-state index in [4.69, 9.17) is 9.47 Å². The van der Waals surface area contributed by atoms with Gasteiger partial charge in [-0.25, -0.2) is 4.79 Å². The normalized spacial score (nSPS) is 12.8. The fraction of sp³-hybridized carbons (Fsp3) is 0.375. The quantitative estimate of drug-likeness (QED) is 0.561. The Morgan fingerprint density at radius 2 is 1.64 bits per heavy atom. The van der Waals surface area contributed by atoms with Crippen molar-refractivity contribution < 1.29 is 29.0 Å². The molecule has 0 radical (unpaired) electrons. The lowest BCUT2D eigenvalue weighted by molar-refractivity contribution is -0.139. The van der Waals surface area contributed by atoms with Crippen LogP contribution in [0.15, 0.2) is 54.6 Å². The van der Waals surface area contributed by atoms with Gasteiger partial charge in [-0.3, -0.25) is 9.59 Å². The maximum absolute atomic E-state index is 13.2. The van der Waals surface area contributed by atoms with Crippen LogP contribution in [-0.2, 0) is 14.3 Å². The number of likely N-dealkylation sites (N-methyl/N-ethyl adjacent to an activating group) is 1. The van der Waals surface area contributed by atoms with E-state index in [1.165, 1.54) is 11.9 Å². The molecule has 2 aromatic rings. The van der Waals surface area contributed by atoms with Gasteiger partial charge in [0.2, 0.25) is 5.91 Å². The highest BCUT2D eigenvalue weighted by atomic mass is 16.6. The number of aliphatic hydroxyl groups is 1. The molecule has 0 spiro atoms. The fourth-order valence-electron chi connectivity index (χ4n) is 3.08. The molecule has 2 aromatic carbocycles. The van der Waals surface area contributed by atoms with Crippen LogP contribution in [0.5, 0.6) is 5.75 Å². The fourth-order valence-corrected chi connectivity index (χ4v) is 3.08. The summed E-state index contributed by atoms with van der Waals surface area (Å²) in [5.41, 5.74) is 0.311. The smallest absolute Gasteiger partial charge is 0.408 e. The molecule has 33 heavy (non-hydrogen) atoms. The molecule has 0 aliphatic carbocycles. The number of methoxy groups -OCH3 is 1. The van der Waals surface area contributed by atoms with Crippen molar-refractivity contribution in [2.45, 2.75) is 38.5 Å². The first kappa shape index (κ1) is 25.7. The summed E-state index contributed by atoms with van der Waals surface area (Å²) in [7, 11) is 2.98. The Hall–Kier alpha value is -3.59. The average Bonchev–Trinajstić information content (AvgIpc) is 2.77.